The van der Waals surface area contributed by atoms with Crippen molar-refractivity contribution in [1.29, 1.82) is 0 Å². The minimum atomic E-state index is 0.108. The maximum absolute atomic E-state index is 5.41. The van der Waals surface area contributed by atoms with Crippen LogP contribution < -0.4 is 15.4 Å². The molecule has 1 aliphatic heterocycles. The van der Waals surface area contributed by atoms with E-state index in [-0.39, 0.29) is 5.54 Å². The number of likely N-dealkylation sites (tertiary alicyclic amines) is 1. The van der Waals surface area contributed by atoms with Gasteiger partial charge in [0.2, 0.25) is 0 Å². The normalized spacial score (nSPS) is 19.6. The summed E-state index contributed by atoms with van der Waals surface area (Å²) in [6.07, 6.45) is 2.65. The van der Waals surface area contributed by atoms with Crippen LogP contribution in [-0.2, 0) is 6.54 Å². The second-order valence-corrected chi connectivity index (χ2v) is 7.60. The Balaban J connectivity index is 1.87. The fourth-order valence-electron chi connectivity index (χ4n) is 3.40. The van der Waals surface area contributed by atoms with E-state index in [1.807, 2.05) is 25.2 Å². The minimum Gasteiger partial charge on any atom is -0.496 e. The Labute approximate surface area is 152 Å². The highest BCUT2D eigenvalue weighted by Gasteiger charge is 2.30. The third-order valence-electron chi connectivity index (χ3n) is 5.06. The van der Waals surface area contributed by atoms with Crippen LogP contribution in [0.3, 0.4) is 0 Å². The summed E-state index contributed by atoms with van der Waals surface area (Å²) in [5.41, 5.74) is 1.23. The highest BCUT2D eigenvalue weighted by atomic mass is 16.5. The van der Waals surface area contributed by atoms with E-state index >= 15 is 0 Å². The SMILES string of the molecule is CN=C(NCc1ccccc1OC)NCC(C)(C)N1CCCC(C)C1. The maximum Gasteiger partial charge on any atom is 0.191 e. The summed E-state index contributed by atoms with van der Waals surface area (Å²) in [6.45, 7) is 10.9. The molecule has 1 heterocycles. The third-order valence-corrected chi connectivity index (χ3v) is 5.06. The molecular formula is C20H34N4O. The number of para-hydroxylation sites is 1. The lowest BCUT2D eigenvalue weighted by atomic mass is 9.93. The largest absolute Gasteiger partial charge is 0.496 e. The van der Waals surface area contributed by atoms with Crippen molar-refractivity contribution in [2.45, 2.75) is 45.7 Å². The molecule has 0 radical (unpaired) electrons. The molecule has 1 aromatic rings. The van der Waals surface area contributed by atoms with E-state index in [0.717, 1.165) is 29.7 Å². The molecule has 0 amide bonds. The van der Waals surface area contributed by atoms with Gasteiger partial charge in [-0.15, -0.1) is 0 Å². The minimum absolute atomic E-state index is 0.108. The zero-order valence-corrected chi connectivity index (χ0v) is 16.4. The number of aliphatic imine (C=N–C) groups is 1. The van der Waals surface area contributed by atoms with Gasteiger partial charge in [-0.1, -0.05) is 25.1 Å². The van der Waals surface area contributed by atoms with Gasteiger partial charge in [0, 0.05) is 37.8 Å². The van der Waals surface area contributed by atoms with Crippen LogP contribution in [-0.4, -0.2) is 50.2 Å². The van der Waals surface area contributed by atoms with Crippen LogP contribution in [0.4, 0.5) is 0 Å². The summed E-state index contributed by atoms with van der Waals surface area (Å²) in [4.78, 5) is 6.96. The standard InChI is InChI=1S/C20H34N4O/c1-16-9-8-12-24(14-16)20(2,3)15-23-19(21-4)22-13-17-10-6-7-11-18(17)25-5/h6-7,10-11,16H,8-9,12-15H2,1-5H3,(H2,21,22,23). The fourth-order valence-corrected chi connectivity index (χ4v) is 3.40. The average Bonchev–Trinajstić information content (AvgIpc) is 2.62. The highest BCUT2D eigenvalue weighted by Crippen LogP contribution is 2.23. The summed E-state index contributed by atoms with van der Waals surface area (Å²) < 4.78 is 5.41. The van der Waals surface area contributed by atoms with Crippen LogP contribution in [0.1, 0.15) is 39.2 Å². The maximum atomic E-state index is 5.41. The van der Waals surface area contributed by atoms with Gasteiger partial charge in [0.15, 0.2) is 5.96 Å². The molecule has 2 rings (SSSR count). The van der Waals surface area contributed by atoms with Gasteiger partial charge in [0.05, 0.1) is 7.11 Å². The van der Waals surface area contributed by atoms with Crippen molar-refractivity contribution < 1.29 is 4.74 Å². The third kappa shape index (κ3) is 5.63. The van der Waals surface area contributed by atoms with Gasteiger partial charge in [-0.3, -0.25) is 9.89 Å². The molecule has 0 spiro atoms. The van der Waals surface area contributed by atoms with Crippen molar-refractivity contribution in [3.63, 3.8) is 0 Å². The quantitative estimate of drug-likeness (QED) is 0.614. The molecule has 1 atom stereocenters. The van der Waals surface area contributed by atoms with Crippen molar-refractivity contribution in [1.82, 2.24) is 15.5 Å². The summed E-state index contributed by atoms with van der Waals surface area (Å²) >= 11 is 0. The summed E-state index contributed by atoms with van der Waals surface area (Å²) in [6, 6.07) is 8.06. The lowest BCUT2D eigenvalue weighted by Gasteiger charge is -2.43. The number of nitrogens with one attached hydrogen (secondary N) is 2. The zero-order valence-electron chi connectivity index (χ0n) is 16.4. The zero-order chi connectivity index (χ0) is 18.3. The first-order chi connectivity index (χ1) is 12.0. The van der Waals surface area contributed by atoms with Crippen molar-refractivity contribution in [3.8, 4) is 5.75 Å². The Kier molecular flexibility index (Phi) is 7.12. The Morgan fingerprint density at radius 3 is 2.76 bits per heavy atom. The predicted octanol–water partition coefficient (Wildman–Crippen LogP) is 2.87. The predicted molar refractivity (Wildman–Crippen MR) is 105 cm³/mol. The lowest BCUT2D eigenvalue weighted by molar-refractivity contribution is 0.0739. The first-order valence-electron chi connectivity index (χ1n) is 9.27. The Bertz CT molecular complexity index is 571. The van der Waals surface area contributed by atoms with Crippen LogP contribution >= 0.6 is 0 Å². The topological polar surface area (TPSA) is 48.9 Å². The fraction of sp³-hybridized carbons (Fsp3) is 0.650. The number of guanidine groups is 1. The summed E-state index contributed by atoms with van der Waals surface area (Å²) in [5.74, 6) is 2.51. The van der Waals surface area contributed by atoms with Gasteiger partial charge in [-0.25, -0.2) is 0 Å². The van der Waals surface area contributed by atoms with E-state index in [1.165, 1.54) is 25.9 Å². The smallest absolute Gasteiger partial charge is 0.191 e. The molecular weight excluding hydrogens is 312 g/mol. The molecule has 1 unspecified atom stereocenters. The first kappa shape index (κ1) is 19.6. The average molecular weight is 347 g/mol. The first-order valence-corrected chi connectivity index (χ1v) is 9.27. The number of nitrogens with zero attached hydrogens (tertiary/aromatic N) is 2. The molecule has 1 aromatic carbocycles. The van der Waals surface area contributed by atoms with Crippen LogP contribution in [0.15, 0.2) is 29.3 Å². The Hall–Kier alpha value is -1.75. The Morgan fingerprint density at radius 2 is 2.08 bits per heavy atom. The molecule has 1 fully saturated rings. The number of methoxy groups -OCH3 is 1. The van der Waals surface area contributed by atoms with Crippen molar-refractivity contribution in [2.24, 2.45) is 10.9 Å². The van der Waals surface area contributed by atoms with Crippen LogP contribution in [0.2, 0.25) is 0 Å². The van der Waals surface area contributed by atoms with E-state index in [2.05, 4.69) is 47.4 Å². The van der Waals surface area contributed by atoms with E-state index < -0.39 is 0 Å². The highest BCUT2D eigenvalue weighted by molar-refractivity contribution is 5.79. The molecule has 25 heavy (non-hydrogen) atoms. The number of hydrogen-bond donors (Lipinski definition) is 2. The van der Waals surface area contributed by atoms with Gasteiger partial charge >= 0.3 is 0 Å². The van der Waals surface area contributed by atoms with E-state index in [4.69, 9.17) is 4.74 Å². The van der Waals surface area contributed by atoms with Crippen molar-refractivity contribution in [2.75, 3.05) is 33.8 Å². The van der Waals surface area contributed by atoms with Gasteiger partial charge < -0.3 is 15.4 Å². The molecule has 1 saturated heterocycles. The molecule has 0 aliphatic carbocycles. The van der Waals surface area contributed by atoms with Gasteiger partial charge in [0.1, 0.15) is 5.75 Å². The van der Waals surface area contributed by atoms with E-state index in [1.54, 1.807) is 7.11 Å². The molecule has 0 bridgehead atoms. The number of piperidine rings is 1. The molecule has 0 aromatic heterocycles. The molecule has 0 saturated carbocycles. The van der Waals surface area contributed by atoms with Gasteiger partial charge in [0.25, 0.3) is 0 Å². The van der Waals surface area contributed by atoms with Crippen molar-refractivity contribution >= 4 is 5.96 Å². The van der Waals surface area contributed by atoms with Gasteiger partial charge in [-0.2, -0.15) is 0 Å². The molecule has 2 N–H and O–H groups in total. The van der Waals surface area contributed by atoms with Gasteiger partial charge in [-0.05, 0) is 45.2 Å². The van der Waals surface area contributed by atoms with Crippen molar-refractivity contribution in [3.05, 3.63) is 29.8 Å². The van der Waals surface area contributed by atoms with Crippen LogP contribution in [0.5, 0.6) is 5.75 Å². The molecule has 1 aliphatic rings. The monoisotopic (exact) mass is 346 g/mol. The van der Waals surface area contributed by atoms with Crippen LogP contribution in [0, 0.1) is 5.92 Å². The van der Waals surface area contributed by atoms with E-state index in [0.29, 0.717) is 6.54 Å². The number of ether oxygens (including phenoxy) is 1. The lowest BCUT2D eigenvalue weighted by Crippen LogP contribution is -2.55. The van der Waals surface area contributed by atoms with Crippen LogP contribution in [0.25, 0.3) is 0 Å². The second-order valence-electron chi connectivity index (χ2n) is 7.60. The molecule has 140 valence electrons. The number of hydrogen-bond acceptors (Lipinski definition) is 3. The number of rotatable bonds is 6. The second kappa shape index (κ2) is 9.09. The molecule has 5 heteroatoms. The van der Waals surface area contributed by atoms with E-state index in [9.17, 15) is 0 Å². The molecule has 5 nitrogen and oxygen atoms in total. The Morgan fingerprint density at radius 1 is 1.32 bits per heavy atom. The summed E-state index contributed by atoms with van der Waals surface area (Å²) in [5, 5.41) is 6.87. The number of benzene rings is 1. The summed E-state index contributed by atoms with van der Waals surface area (Å²) in [7, 11) is 3.52.